The molecule has 0 saturated heterocycles. The average molecular weight is 285 g/mol. The summed E-state index contributed by atoms with van der Waals surface area (Å²) in [4.78, 5) is 12.3. The second-order valence-electron chi connectivity index (χ2n) is 4.74. The molecule has 0 spiro atoms. The maximum Gasteiger partial charge on any atom is 0.255 e. The monoisotopic (exact) mass is 285 g/mol. The van der Waals surface area contributed by atoms with Crippen molar-refractivity contribution in [3.05, 3.63) is 60.2 Å². The minimum absolute atomic E-state index is 0.0627. The first kappa shape index (κ1) is 15.1. The Hall–Kier alpha value is -2.33. The highest BCUT2D eigenvalue weighted by Crippen LogP contribution is 2.24. The van der Waals surface area contributed by atoms with Gasteiger partial charge in [0.15, 0.2) is 0 Å². The van der Waals surface area contributed by atoms with E-state index in [1.165, 1.54) is 0 Å². The fraction of sp³-hybridized carbons (Fsp3) is 0.235. The molecule has 21 heavy (non-hydrogen) atoms. The van der Waals surface area contributed by atoms with Crippen molar-refractivity contribution >= 4 is 5.91 Å². The molecule has 0 fully saturated rings. The van der Waals surface area contributed by atoms with E-state index in [0.717, 1.165) is 0 Å². The number of ether oxygens (including phenoxy) is 2. The first-order valence-corrected chi connectivity index (χ1v) is 6.82. The summed E-state index contributed by atoms with van der Waals surface area (Å²) in [6, 6.07) is 16.5. The van der Waals surface area contributed by atoms with Crippen molar-refractivity contribution in [3.8, 4) is 11.5 Å². The van der Waals surface area contributed by atoms with Gasteiger partial charge in [0, 0.05) is 13.2 Å². The molecule has 0 heterocycles. The van der Waals surface area contributed by atoms with E-state index < -0.39 is 0 Å². The summed E-state index contributed by atoms with van der Waals surface area (Å²) in [5.74, 6) is 1.06. The lowest BCUT2D eigenvalue weighted by molar-refractivity contribution is 0.0903. The molecule has 2 aromatic carbocycles. The number of hydrogen-bond donors (Lipinski definition) is 1. The number of hydrogen-bond acceptors (Lipinski definition) is 3. The van der Waals surface area contributed by atoms with Crippen molar-refractivity contribution in [1.82, 2.24) is 5.32 Å². The van der Waals surface area contributed by atoms with Gasteiger partial charge in [0.05, 0.1) is 12.2 Å². The summed E-state index contributed by atoms with van der Waals surface area (Å²) in [5.41, 5.74) is 0.504. The lowest BCUT2D eigenvalue weighted by Crippen LogP contribution is -2.35. The van der Waals surface area contributed by atoms with Crippen LogP contribution in [-0.4, -0.2) is 25.7 Å². The van der Waals surface area contributed by atoms with Crippen LogP contribution >= 0.6 is 0 Å². The van der Waals surface area contributed by atoms with Crippen LogP contribution in [0.1, 0.15) is 17.3 Å². The van der Waals surface area contributed by atoms with E-state index in [9.17, 15) is 4.79 Å². The van der Waals surface area contributed by atoms with Crippen molar-refractivity contribution in [1.29, 1.82) is 0 Å². The van der Waals surface area contributed by atoms with Gasteiger partial charge in [0.25, 0.3) is 5.91 Å². The molecule has 0 unspecified atom stereocenters. The number of nitrogens with one attached hydrogen (secondary N) is 1. The fourth-order valence-corrected chi connectivity index (χ4v) is 1.95. The molecule has 4 nitrogen and oxygen atoms in total. The minimum Gasteiger partial charge on any atom is -0.457 e. The molecule has 0 saturated carbocycles. The maximum atomic E-state index is 12.3. The molecule has 2 aromatic rings. The number of carbonyl (C=O) groups is 1. The quantitative estimate of drug-likeness (QED) is 0.886. The molecule has 0 aliphatic heterocycles. The number of para-hydroxylation sites is 2. The van der Waals surface area contributed by atoms with Crippen LogP contribution in [0.5, 0.6) is 11.5 Å². The van der Waals surface area contributed by atoms with Gasteiger partial charge in [0.1, 0.15) is 11.5 Å². The Morgan fingerprint density at radius 1 is 1.10 bits per heavy atom. The van der Waals surface area contributed by atoms with E-state index in [4.69, 9.17) is 9.47 Å². The molecular formula is C17H19NO3. The van der Waals surface area contributed by atoms with Crippen molar-refractivity contribution in [2.75, 3.05) is 13.7 Å². The molecule has 0 radical (unpaired) electrons. The van der Waals surface area contributed by atoms with Gasteiger partial charge in [-0.2, -0.15) is 0 Å². The Kier molecular flexibility index (Phi) is 5.35. The van der Waals surface area contributed by atoms with Crippen LogP contribution < -0.4 is 10.1 Å². The molecule has 1 amide bonds. The highest BCUT2D eigenvalue weighted by molar-refractivity contribution is 5.97. The third-order valence-corrected chi connectivity index (χ3v) is 2.90. The van der Waals surface area contributed by atoms with Gasteiger partial charge in [0.2, 0.25) is 0 Å². The zero-order chi connectivity index (χ0) is 15.1. The fourth-order valence-electron chi connectivity index (χ4n) is 1.95. The Labute approximate surface area is 124 Å². The maximum absolute atomic E-state index is 12.3. The molecule has 1 atom stereocenters. The predicted octanol–water partition coefficient (Wildman–Crippen LogP) is 3.24. The van der Waals surface area contributed by atoms with E-state index >= 15 is 0 Å². The highest BCUT2D eigenvalue weighted by atomic mass is 16.5. The van der Waals surface area contributed by atoms with Crippen LogP contribution in [0.25, 0.3) is 0 Å². The van der Waals surface area contributed by atoms with E-state index in [0.29, 0.717) is 23.7 Å². The SMILES string of the molecule is COC[C@H](C)NC(=O)c1ccccc1Oc1ccccc1. The van der Waals surface area contributed by atoms with Gasteiger partial charge in [-0.1, -0.05) is 30.3 Å². The number of amides is 1. The van der Waals surface area contributed by atoms with Crippen molar-refractivity contribution in [2.24, 2.45) is 0 Å². The number of carbonyl (C=O) groups excluding carboxylic acids is 1. The summed E-state index contributed by atoms with van der Waals surface area (Å²) in [6.45, 7) is 2.36. The second kappa shape index (κ2) is 7.45. The van der Waals surface area contributed by atoms with Crippen molar-refractivity contribution in [3.63, 3.8) is 0 Å². The zero-order valence-corrected chi connectivity index (χ0v) is 12.2. The van der Waals surface area contributed by atoms with Crippen LogP contribution in [0.3, 0.4) is 0 Å². The van der Waals surface area contributed by atoms with Crippen molar-refractivity contribution in [2.45, 2.75) is 13.0 Å². The van der Waals surface area contributed by atoms with Gasteiger partial charge >= 0.3 is 0 Å². The Morgan fingerprint density at radius 2 is 1.76 bits per heavy atom. The largest absolute Gasteiger partial charge is 0.457 e. The van der Waals surface area contributed by atoms with Crippen LogP contribution in [0.2, 0.25) is 0 Å². The van der Waals surface area contributed by atoms with E-state index in [1.807, 2.05) is 49.4 Å². The number of methoxy groups -OCH3 is 1. The van der Waals surface area contributed by atoms with E-state index in [2.05, 4.69) is 5.32 Å². The van der Waals surface area contributed by atoms with Crippen LogP contribution in [0.4, 0.5) is 0 Å². The molecule has 0 aliphatic carbocycles. The van der Waals surface area contributed by atoms with Gasteiger partial charge in [-0.15, -0.1) is 0 Å². The zero-order valence-electron chi connectivity index (χ0n) is 12.2. The van der Waals surface area contributed by atoms with Crippen molar-refractivity contribution < 1.29 is 14.3 Å². The normalized spacial score (nSPS) is 11.7. The molecule has 110 valence electrons. The summed E-state index contributed by atoms with van der Waals surface area (Å²) in [5, 5.41) is 2.88. The summed E-state index contributed by atoms with van der Waals surface area (Å²) < 4.78 is 10.8. The lowest BCUT2D eigenvalue weighted by Gasteiger charge is -2.15. The second-order valence-corrected chi connectivity index (χ2v) is 4.74. The van der Waals surface area contributed by atoms with Gasteiger partial charge in [-0.25, -0.2) is 0 Å². The van der Waals surface area contributed by atoms with Crippen LogP contribution in [0.15, 0.2) is 54.6 Å². The van der Waals surface area contributed by atoms with Crippen LogP contribution in [-0.2, 0) is 4.74 Å². The Balaban J connectivity index is 2.15. The molecule has 0 bridgehead atoms. The van der Waals surface area contributed by atoms with E-state index in [-0.39, 0.29) is 11.9 Å². The van der Waals surface area contributed by atoms with Gasteiger partial charge in [-0.3, -0.25) is 4.79 Å². The van der Waals surface area contributed by atoms with Crippen LogP contribution in [0, 0.1) is 0 Å². The third kappa shape index (κ3) is 4.33. The van der Waals surface area contributed by atoms with E-state index in [1.54, 1.807) is 19.2 Å². The summed E-state index contributed by atoms with van der Waals surface area (Å²) in [7, 11) is 1.61. The third-order valence-electron chi connectivity index (χ3n) is 2.90. The summed E-state index contributed by atoms with van der Waals surface area (Å²) in [6.07, 6.45) is 0. The molecule has 0 aromatic heterocycles. The standard InChI is InChI=1S/C17H19NO3/c1-13(12-20-2)18-17(19)15-10-6-7-11-16(15)21-14-8-4-3-5-9-14/h3-11,13H,12H2,1-2H3,(H,18,19)/t13-/m0/s1. The summed E-state index contributed by atoms with van der Waals surface area (Å²) >= 11 is 0. The number of benzene rings is 2. The lowest BCUT2D eigenvalue weighted by atomic mass is 10.1. The smallest absolute Gasteiger partial charge is 0.255 e. The topological polar surface area (TPSA) is 47.6 Å². The first-order valence-electron chi connectivity index (χ1n) is 6.82. The van der Waals surface area contributed by atoms with Gasteiger partial charge in [-0.05, 0) is 31.2 Å². The predicted molar refractivity (Wildman–Crippen MR) is 81.8 cm³/mol. The molecule has 0 aliphatic rings. The molecule has 1 N–H and O–H groups in total. The minimum atomic E-state index is -0.175. The molecular weight excluding hydrogens is 266 g/mol. The molecule has 4 heteroatoms. The Morgan fingerprint density at radius 3 is 2.48 bits per heavy atom. The Bertz CT molecular complexity index is 584. The van der Waals surface area contributed by atoms with Gasteiger partial charge < -0.3 is 14.8 Å². The highest BCUT2D eigenvalue weighted by Gasteiger charge is 2.14. The average Bonchev–Trinajstić information content (AvgIpc) is 2.49. The molecule has 2 rings (SSSR count). The number of rotatable bonds is 6. The first-order chi connectivity index (χ1) is 10.2.